The molecule has 0 aliphatic heterocycles. The number of benzene rings is 1. The maximum absolute atomic E-state index is 12.4. The Bertz CT molecular complexity index is 481. The second kappa shape index (κ2) is 4.86. The highest BCUT2D eigenvalue weighted by atomic mass is 19.4. The molecule has 5 heteroatoms. The summed E-state index contributed by atoms with van der Waals surface area (Å²) in [5.74, 6) is 0. The highest BCUT2D eigenvalue weighted by Crippen LogP contribution is 2.47. The molecule has 0 amide bonds. The van der Waals surface area contributed by atoms with Gasteiger partial charge in [-0.3, -0.25) is 0 Å². The smallest absolute Gasteiger partial charge is 0.387 e. The Morgan fingerprint density at radius 2 is 1.68 bits per heavy atom. The molecule has 0 spiro atoms. The molecule has 19 heavy (non-hydrogen) atoms. The standard InChI is InChI=1S/C14H14F3NO/c15-14(16,17)11-5-3-10(4-6-11)12(19)13(9-18)7-1-2-8-13/h3-6,12,19H,1-2,7-8H2. The molecule has 1 aliphatic rings. The van der Waals surface area contributed by atoms with Crippen molar-refractivity contribution in [2.24, 2.45) is 5.41 Å². The maximum atomic E-state index is 12.4. The van der Waals surface area contributed by atoms with Gasteiger partial charge in [-0.2, -0.15) is 18.4 Å². The van der Waals surface area contributed by atoms with E-state index in [0.717, 1.165) is 25.0 Å². The summed E-state index contributed by atoms with van der Waals surface area (Å²) >= 11 is 0. The molecule has 0 heterocycles. The minimum Gasteiger partial charge on any atom is -0.387 e. The van der Waals surface area contributed by atoms with Gasteiger partial charge in [0.25, 0.3) is 0 Å². The Hall–Kier alpha value is -1.54. The van der Waals surface area contributed by atoms with Gasteiger partial charge in [-0.15, -0.1) is 0 Å². The monoisotopic (exact) mass is 269 g/mol. The van der Waals surface area contributed by atoms with Crippen LogP contribution in [0, 0.1) is 16.7 Å². The van der Waals surface area contributed by atoms with Crippen LogP contribution in [0.1, 0.15) is 42.9 Å². The van der Waals surface area contributed by atoms with Crippen LogP contribution in [0.15, 0.2) is 24.3 Å². The van der Waals surface area contributed by atoms with Crippen LogP contribution in [0.5, 0.6) is 0 Å². The molecular weight excluding hydrogens is 255 g/mol. The largest absolute Gasteiger partial charge is 0.416 e. The van der Waals surface area contributed by atoms with Gasteiger partial charge < -0.3 is 5.11 Å². The van der Waals surface area contributed by atoms with Gasteiger partial charge in [0.1, 0.15) is 0 Å². The zero-order chi connectivity index (χ0) is 14.1. The van der Waals surface area contributed by atoms with E-state index in [2.05, 4.69) is 6.07 Å². The molecule has 0 bridgehead atoms. The van der Waals surface area contributed by atoms with Crippen molar-refractivity contribution in [3.63, 3.8) is 0 Å². The highest BCUT2D eigenvalue weighted by Gasteiger charge is 2.42. The number of hydrogen-bond donors (Lipinski definition) is 1. The third kappa shape index (κ3) is 2.59. The minimum absolute atomic E-state index is 0.372. The first kappa shape index (κ1) is 13.9. The second-order valence-electron chi connectivity index (χ2n) is 5.00. The zero-order valence-corrected chi connectivity index (χ0v) is 10.2. The van der Waals surface area contributed by atoms with E-state index in [0.29, 0.717) is 18.4 Å². The Morgan fingerprint density at radius 1 is 1.16 bits per heavy atom. The molecule has 1 aromatic carbocycles. The maximum Gasteiger partial charge on any atom is 0.416 e. The summed E-state index contributed by atoms with van der Waals surface area (Å²) in [6, 6.07) is 6.54. The van der Waals surface area contributed by atoms with E-state index in [4.69, 9.17) is 0 Å². The molecule has 1 fully saturated rings. The summed E-state index contributed by atoms with van der Waals surface area (Å²) in [5, 5.41) is 19.5. The Balaban J connectivity index is 2.25. The van der Waals surface area contributed by atoms with Crippen molar-refractivity contribution in [1.29, 1.82) is 5.26 Å². The average Bonchev–Trinajstić information content (AvgIpc) is 2.87. The molecule has 0 saturated heterocycles. The first-order valence-electron chi connectivity index (χ1n) is 6.15. The third-order valence-electron chi connectivity index (χ3n) is 3.80. The van der Waals surface area contributed by atoms with E-state index in [1.165, 1.54) is 12.1 Å². The van der Waals surface area contributed by atoms with Crippen LogP contribution < -0.4 is 0 Å². The second-order valence-corrected chi connectivity index (χ2v) is 5.00. The Labute approximate surface area is 109 Å². The van der Waals surface area contributed by atoms with Gasteiger partial charge in [-0.25, -0.2) is 0 Å². The fraction of sp³-hybridized carbons (Fsp3) is 0.500. The lowest BCUT2D eigenvalue weighted by atomic mass is 9.78. The number of nitrogens with zero attached hydrogens (tertiary/aromatic N) is 1. The van der Waals surface area contributed by atoms with Crippen molar-refractivity contribution in [1.82, 2.24) is 0 Å². The molecule has 1 N–H and O–H groups in total. The van der Waals surface area contributed by atoms with Crippen molar-refractivity contribution in [3.8, 4) is 6.07 Å². The predicted molar refractivity (Wildman–Crippen MR) is 62.9 cm³/mol. The Kier molecular flexibility index (Phi) is 3.55. The molecule has 1 saturated carbocycles. The van der Waals surface area contributed by atoms with Crippen LogP contribution in [-0.4, -0.2) is 5.11 Å². The number of aliphatic hydroxyl groups is 1. The van der Waals surface area contributed by atoms with Crippen molar-refractivity contribution < 1.29 is 18.3 Å². The van der Waals surface area contributed by atoms with E-state index in [1.54, 1.807) is 0 Å². The summed E-state index contributed by atoms with van der Waals surface area (Å²) in [6.45, 7) is 0. The number of alkyl halides is 3. The average molecular weight is 269 g/mol. The SMILES string of the molecule is N#CC1(C(O)c2ccc(C(F)(F)F)cc2)CCCC1. The van der Waals surface area contributed by atoms with E-state index < -0.39 is 23.3 Å². The summed E-state index contributed by atoms with van der Waals surface area (Å²) in [5.41, 5.74) is -1.22. The van der Waals surface area contributed by atoms with Gasteiger partial charge in [0.15, 0.2) is 0 Å². The van der Waals surface area contributed by atoms with Crippen LogP contribution in [0.4, 0.5) is 13.2 Å². The van der Waals surface area contributed by atoms with Gasteiger partial charge in [-0.1, -0.05) is 25.0 Å². The van der Waals surface area contributed by atoms with E-state index in [-0.39, 0.29) is 0 Å². The fourth-order valence-electron chi connectivity index (χ4n) is 2.63. The molecule has 1 unspecified atom stereocenters. The summed E-state index contributed by atoms with van der Waals surface area (Å²) in [4.78, 5) is 0. The van der Waals surface area contributed by atoms with Crippen molar-refractivity contribution in [2.75, 3.05) is 0 Å². The van der Waals surface area contributed by atoms with E-state index in [1.807, 2.05) is 0 Å². The molecule has 0 radical (unpaired) electrons. The van der Waals surface area contributed by atoms with E-state index in [9.17, 15) is 23.5 Å². The topological polar surface area (TPSA) is 44.0 Å². The first-order valence-corrected chi connectivity index (χ1v) is 6.15. The first-order chi connectivity index (χ1) is 8.89. The van der Waals surface area contributed by atoms with Gasteiger partial charge in [0.2, 0.25) is 0 Å². The summed E-state index contributed by atoms with van der Waals surface area (Å²) < 4.78 is 37.3. The molecule has 1 atom stereocenters. The van der Waals surface area contributed by atoms with E-state index >= 15 is 0 Å². The lowest BCUT2D eigenvalue weighted by Crippen LogP contribution is -2.24. The third-order valence-corrected chi connectivity index (χ3v) is 3.80. The molecule has 0 aromatic heterocycles. The number of halogens is 3. The Morgan fingerprint density at radius 3 is 2.11 bits per heavy atom. The van der Waals surface area contributed by atoms with Gasteiger partial charge in [0, 0.05) is 0 Å². The van der Waals surface area contributed by atoms with Gasteiger partial charge in [0.05, 0.1) is 23.2 Å². The van der Waals surface area contributed by atoms with Crippen LogP contribution in [-0.2, 0) is 6.18 Å². The normalized spacial score (nSPS) is 19.9. The molecule has 1 aliphatic carbocycles. The van der Waals surface area contributed by atoms with Gasteiger partial charge >= 0.3 is 6.18 Å². The number of nitriles is 1. The minimum atomic E-state index is -4.39. The number of rotatable bonds is 2. The highest BCUT2D eigenvalue weighted by molar-refractivity contribution is 5.29. The summed E-state index contributed by atoms with van der Waals surface area (Å²) in [6.07, 6.45) is -2.50. The lowest BCUT2D eigenvalue weighted by Gasteiger charge is -2.27. The molecule has 1 aromatic rings. The number of hydrogen-bond acceptors (Lipinski definition) is 2. The lowest BCUT2D eigenvalue weighted by molar-refractivity contribution is -0.137. The quantitative estimate of drug-likeness (QED) is 0.886. The van der Waals surface area contributed by atoms with Crippen molar-refractivity contribution in [2.45, 2.75) is 38.0 Å². The van der Waals surface area contributed by atoms with Crippen molar-refractivity contribution >= 4 is 0 Å². The zero-order valence-electron chi connectivity index (χ0n) is 10.2. The van der Waals surface area contributed by atoms with Crippen LogP contribution in [0.3, 0.4) is 0 Å². The molecular formula is C14H14F3NO. The molecule has 102 valence electrons. The van der Waals surface area contributed by atoms with Crippen LogP contribution >= 0.6 is 0 Å². The molecule has 2 nitrogen and oxygen atoms in total. The van der Waals surface area contributed by atoms with Gasteiger partial charge in [-0.05, 0) is 30.5 Å². The van der Waals surface area contributed by atoms with Crippen molar-refractivity contribution in [3.05, 3.63) is 35.4 Å². The fourth-order valence-corrected chi connectivity index (χ4v) is 2.63. The predicted octanol–water partition coefficient (Wildman–Crippen LogP) is 3.82. The van der Waals surface area contributed by atoms with Crippen LogP contribution in [0.25, 0.3) is 0 Å². The molecule has 2 rings (SSSR count). The number of aliphatic hydroxyl groups excluding tert-OH is 1. The van der Waals surface area contributed by atoms with Crippen LogP contribution in [0.2, 0.25) is 0 Å². The summed E-state index contributed by atoms with van der Waals surface area (Å²) in [7, 11) is 0.